The van der Waals surface area contributed by atoms with Crippen molar-refractivity contribution in [3.63, 3.8) is 0 Å². The number of hydrogen-bond acceptors (Lipinski definition) is 4. The molecule has 0 aliphatic rings. The lowest BCUT2D eigenvalue weighted by Crippen LogP contribution is -2.31. The second kappa shape index (κ2) is 8.02. The number of benzene rings is 2. The van der Waals surface area contributed by atoms with Crippen molar-refractivity contribution in [3.05, 3.63) is 59.7 Å². The minimum atomic E-state index is -0.801. The first-order chi connectivity index (χ1) is 11.6. The van der Waals surface area contributed by atoms with Crippen LogP contribution in [0, 0.1) is 11.3 Å². The molecule has 0 bridgehead atoms. The lowest BCUT2D eigenvalue weighted by atomic mass is 9.99. The van der Waals surface area contributed by atoms with E-state index in [1.165, 1.54) is 7.11 Å². The van der Waals surface area contributed by atoms with Gasteiger partial charge in [-0.3, -0.25) is 4.79 Å². The standard InChI is InChI=1S/C19H20N2O3/c1-13(14-7-5-4-6-8-14)19(22)21-17(12-20)16-10-9-15(23-2)11-18(16)24-3/h4-11,13,17H,1-3H3,(H,21,22)/t13-,17-/m1/s1. The zero-order valence-electron chi connectivity index (χ0n) is 13.9. The van der Waals surface area contributed by atoms with Gasteiger partial charge in [0.05, 0.1) is 26.2 Å². The third-order valence-electron chi connectivity index (χ3n) is 3.86. The van der Waals surface area contributed by atoms with Crippen LogP contribution in [0.5, 0.6) is 11.5 Å². The number of carbonyl (C=O) groups is 1. The second-order valence-electron chi connectivity index (χ2n) is 5.31. The van der Waals surface area contributed by atoms with Gasteiger partial charge in [0.25, 0.3) is 0 Å². The summed E-state index contributed by atoms with van der Waals surface area (Å²) in [7, 11) is 3.07. The lowest BCUT2D eigenvalue weighted by molar-refractivity contribution is -0.122. The van der Waals surface area contributed by atoms with E-state index in [0.717, 1.165) is 5.56 Å². The molecule has 0 aliphatic heterocycles. The highest BCUT2D eigenvalue weighted by molar-refractivity contribution is 5.84. The van der Waals surface area contributed by atoms with Gasteiger partial charge in [-0.05, 0) is 24.6 Å². The van der Waals surface area contributed by atoms with Gasteiger partial charge in [0.2, 0.25) is 5.91 Å². The van der Waals surface area contributed by atoms with Crippen LogP contribution in [-0.2, 0) is 4.79 Å². The van der Waals surface area contributed by atoms with Crippen LogP contribution < -0.4 is 14.8 Å². The summed E-state index contributed by atoms with van der Waals surface area (Å²) in [5.74, 6) is 0.543. The molecule has 5 nitrogen and oxygen atoms in total. The number of nitrogens with zero attached hydrogens (tertiary/aromatic N) is 1. The molecular weight excluding hydrogens is 304 g/mol. The molecule has 0 saturated heterocycles. The Balaban J connectivity index is 2.21. The fourth-order valence-corrected chi connectivity index (χ4v) is 2.40. The number of ether oxygens (including phenoxy) is 2. The van der Waals surface area contributed by atoms with Crippen LogP contribution in [0.3, 0.4) is 0 Å². The van der Waals surface area contributed by atoms with E-state index >= 15 is 0 Å². The molecule has 2 aromatic carbocycles. The zero-order valence-corrected chi connectivity index (χ0v) is 13.9. The van der Waals surface area contributed by atoms with Crippen LogP contribution in [-0.4, -0.2) is 20.1 Å². The molecule has 0 aromatic heterocycles. The molecule has 2 rings (SSSR count). The molecule has 2 aromatic rings. The van der Waals surface area contributed by atoms with Gasteiger partial charge in [-0.1, -0.05) is 30.3 Å². The van der Waals surface area contributed by atoms with Crippen molar-refractivity contribution in [1.29, 1.82) is 5.26 Å². The highest BCUT2D eigenvalue weighted by Gasteiger charge is 2.22. The maximum absolute atomic E-state index is 12.5. The predicted octanol–water partition coefficient (Wildman–Crippen LogP) is 3.19. The molecule has 2 atom stereocenters. The fourth-order valence-electron chi connectivity index (χ4n) is 2.40. The van der Waals surface area contributed by atoms with Crippen LogP contribution >= 0.6 is 0 Å². The molecule has 1 amide bonds. The van der Waals surface area contributed by atoms with Crippen molar-refractivity contribution < 1.29 is 14.3 Å². The highest BCUT2D eigenvalue weighted by Crippen LogP contribution is 2.29. The zero-order chi connectivity index (χ0) is 17.5. The minimum Gasteiger partial charge on any atom is -0.497 e. The van der Waals surface area contributed by atoms with Gasteiger partial charge >= 0.3 is 0 Å². The van der Waals surface area contributed by atoms with Crippen LogP contribution in [0.4, 0.5) is 0 Å². The van der Waals surface area contributed by atoms with E-state index in [4.69, 9.17) is 9.47 Å². The van der Waals surface area contributed by atoms with Crippen molar-refractivity contribution in [2.24, 2.45) is 0 Å². The van der Waals surface area contributed by atoms with Gasteiger partial charge in [0.1, 0.15) is 17.5 Å². The van der Waals surface area contributed by atoms with E-state index in [1.807, 2.05) is 37.3 Å². The summed E-state index contributed by atoms with van der Waals surface area (Å²) in [6.45, 7) is 1.81. The molecule has 0 heterocycles. The van der Waals surface area contributed by atoms with Gasteiger partial charge in [-0.15, -0.1) is 0 Å². The Kier molecular flexibility index (Phi) is 5.80. The Bertz CT molecular complexity index is 738. The Hall–Kier alpha value is -3.00. The predicted molar refractivity (Wildman–Crippen MR) is 90.9 cm³/mol. The monoisotopic (exact) mass is 324 g/mol. The maximum atomic E-state index is 12.5. The number of amides is 1. The molecule has 0 radical (unpaired) electrons. The van der Waals surface area contributed by atoms with Crippen molar-refractivity contribution in [2.45, 2.75) is 18.9 Å². The number of rotatable bonds is 6. The Labute approximate surface area is 141 Å². The van der Waals surface area contributed by atoms with Crippen LogP contribution in [0.1, 0.15) is 30.0 Å². The van der Waals surface area contributed by atoms with E-state index in [0.29, 0.717) is 17.1 Å². The number of nitriles is 1. The first kappa shape index (κ1) is 17.4. The molecule has 24 heavy (non-hydrogen) atoms. The normalized spacial score (nSPS) is 12.6. The summed E-state index contributed by atoms with van der Waals surface area (Å²) in [6.07, 6.45) is 0. The quantitative estimate of drug-likeness (QED) is 0.886. The first-order valence-corrected chi connectivity index (χ1v) is 7.57. The SMILES string of the molecule is COc1ccc([C@@H](C#N)NC(=O)[C@H](C)c2ccccc2)c(OC)c1. The minimum absolute atomic E-state index is 0.217. The third kappa shape index (κ3) is 3.85. The van der Waals surface area contributed by atoms with E-state index in [1.54, 1.807) is 25.3 Å². The van der Waals surface area contributed by atoms with E-state index in [-0.39, 0.29) is 11.8 Å². The topological polar surface area (TPSA) is 71.3 Å². The smallest absolute Gasteiger partial charge is 0.228 e. The number of nitrogens with one attached hydrogen (secondary N) is 1. The summed E-state index contributed by atoms with van der Waals surface area (Å²) >= 11 is 0. The number of carbonyl (C=O) groups excluding carboxylic acids is 1. The molecule has 0 saturated carbocycles. The molecule has 124 valence electrons. The molecule has 1 N–H and O–H groups in total. The molecule has 0 fully saturated rings. The van der Waals surface area contributed by atoms with Gasteiger partial charge in [0, 0.05) is 11.6 Å². The molecular formula is C19H20N2O3. The summed E-state index contributed by atoms with van der Waals surface area (Å²) in [5.41, 5.74) is 1.49. The third-order valence-corrected chi connectivity index (χ3v) is 3.86. The van der Waals surface area contributed by atoms with Gasteiger partial charge in [-0.2, -0.15) is 5.26 Å². The summed E-state index contributed by atoms with van der Waals surface area (Å²) < 4.78 is 10.5. The highest BCUT2D eigenvalue weighted by atomic mass is 16.5. The lowest BCUT2D eigenvalue weighted by Gasteiger charge is -2.18. The van der Waals surface area contributed by atoms with Crippen molar-refractivity contribution in [2.75, 3.05) is 14.2 Å². The summed E-state index contributed by atoms with van der Waals surface area (Å²) in [4.78, 5) is 12.5. The summed E-state index contributed by atoms with van der Waals surface area (Å²) in [5, 5.41) is 12.2. The average molecular weight is 324 g/mol. The van der Waals surface area contributed by atoms with Crippen LogP contribution in [0.15, 0.2) is 48.5 Å². The van der Waals surface area contributed by atoms with E-state index in [2.05, 4.69) is 11.4 Å². The average Bonchev–Trinajstić information content (AvgIpc) is 2.65. The largest absolute Gasteiger partial charge is 0.497 e. The Morgan fingerprint density at radius 1 is 1.12 bits per heavy atom. The maximum Gasteiger partial charge on any atom is 0.228 e. The van der Waals surface area contributed by atoms with Gasteiger partial charge < -0.3 is 14.8 Å². The number of methoxy groups -OCH3 is 2. The van der Waals surface area contributed by atoms with E-state index < -0.39 is 6.04 Å². The van der Waals surface area contributed by atoms with Crippen molar-refractivity contribution in [3.8, 4) is 17.6 Å². The van der Waals surface area contributed by atoms with Gasteiger partial charge in [-0.25, -0.2) is 0 Å². The number of hydrogen-bond donors (Lipinski definition) is 1. The Morgan fingerprint density at radius 2 is 1.83 bits per heavy atom. The Morgan fingerprint density at radius 3 is 2.42 bits per heavy atom. The van der Waals surface area contributed by atoms with Crippen LogP contribution in [0.25, 0.3) is 0 Å². The summed E-state index contributed by atoms with van der Waals surface area (Å²) in [6, 6.07) is 15.9. The fraction of sp³-hybridized carbons (Fsp3) is 0.263. The van der Waals surface area contributed by atoms with E-state index in [9.17, 15) is 10.1 Å². The van der Waals surface area contributed by atoms with Crippen molar-refractivity contribution >= 4 is 5.91 Å². The molecule has 5 heteroatoms. The second-order valence-corrected chi connectivity index (χ2v) is 5.31. The first-order valence-electron chi connectivity index (χ1n) is 7.57. The molecule has 0 spiro atoms. The van der Waals surface area contributed by atoms with Gasteiger partial charge in [0.15, 0.2) is 0 Å². The molecule has 0 aliphatic carbocycles. The van der Waals surface area contributed by atoms with Crippen molar-refractivity contribution in [1.82, 2.24) is 5.32 Å². The molecule has 0 unspecified atom stereocenters. The van der Waals surface area contributed by atoms with Crippen LogP contribution in [0.2, 0.25) is 0 Å².